The molecule has 0 heterocycles. The Balaban J connectivity index is 2.20. The zero-order valence-corrected chi connectivity index (χ0v) is 14.0. The molecule has 1 N–H and O–H groups in total. The van der Waals surface area contributed by atoms with Crippen molar-refractivity contribution >= 4 is 0 Å². The van der Waals surface area contributed by atoms with Gasteiger partial charge < -0.3 is 14.8 Å². The molecule has 0 amide bonds. The molecule has 0 radical (unpaired) electrons. The molecule has 0 fully saturated rings. The highest BCUT2D eigenvalue weighted by Gasteiger charge is 1.99. The average Bonchev–Trinajstić information content (AvgIpc) is 2.42. The summed E-state index contributed by atoms with van der Waals surface area (Å²) >= 11 is 0. The van der Waals surface area contributed by atoms with Gasteiger partial charge in [-0.05, 0) is 42.5 Å². The van der Waals surface area contributed by atoms with Crippen LogP contribution in [0, 0.1) is 11.8 Å². The largest absolute Gasteiger partial charge is 0.491 e. The van der Waals surface area contributed by atoms with Crippen molar-refractivity contribution in [3.8, 4) is 5.75 Å². The number of hydrogen-bond acceptors (Lipinski definition) is 3. The average molecular weight is 293 g/mol. The molecular formula is C18H31NO2. The smallest absolute Gasteiger partial charge is 0.119 e. The van der Waals surface area contributed by atoms with Crippen LogP contribution in [-0.2, 0) is 11.3 Å². The van der Waals surface area contributed by atoms with Crippen LogP contribution >= 0.6 is 0 Å². The number of rotatable bonds is 11. The lowest BCUT2D eigenvalue weighted by atomic mass is 10.1. The van der Waals surface area contributed by atoms with Crippen LogP contribution in [0.5, 0.6) is 5.75 Å². The molecule has 0 unspecified atom stereocenters. The molecule has 0 bridgehead atoms. The summed E-state index contributed by atoms with van der Waals surface area (Å²) in [4.78, 5) is 0. The summed E-state index contributed by atoms with van der Waals surface area (Å²) in [5.74, 6) is 2.29. The minimum Gasteiger partial charge on any atom is -0.491 e. The zero-order valence-electron chi connectivity index (χ0n) is 14.0. The molecule has 0 aliphatic heterocycles. The van der Waals surface area contributed by atoms with Crippen molar-refractivity contribution in [2.75, 3.05) is 26.4 Å². The predicted molar refractivity (Wildman–Crippen MR) is 88.8 cm³/mol. The third kappa shape index (κ3) is 9.48. The highest BCUT2D eigenvalue weighted by molar-refractivity contribution is 5.28. The molecule has 0 spiro atoms. The summed E-state index contributed by atoms with van der Waals surface area (Å²) in [6.07, 6.45) is 1.11. The van der Waals surface area contributed by atoms with Gasteiger partial charge >= 0.3 is 0 Å². The summed E-state index contributed by atoms with van der Waals surface area (Å²) in [5, 5.41) is 3.44. The van der Waals surface area contributed by atoms with E-state index in [0.717, 1.165) is 31.9 Å². The summed E-state index contributed by atoms with van der Waals surface area (Å²) in [7, 11) is 0. The van der Waals surface area contributed by atoms with E-state index in [1.807, 2.05) is 12.1 Å². The Morgan fingerprint density at radius 2 is 1.81 bits per heavy atom. The first-order valence-corrected chi connectivity index (χ1v) is 8.08. The SMILES string of the molecule is CC(C)CCOCCOc1cccc(CNCC(C)C)c1. The van der Waals surface area contributed by atoms with E-state index in [4.69, 9.17) is 9.47 Å². The maximum atomic E-state index is 5.73. The topological polar surface area (TPSA) is 30.5 Å². The van der Waals surface area contributed by atoms with E-state index in [1.54, 1.807) is 0 Å². The van der Waals surface area contributed by atoms with Gasteiger partial charge in [-0.25, -0.2) is 0 Å². The Morgan fingerprint density at radius 3 is 2.52 bits per heavy atom. The molecule has 21 heavy (non-hydrogen) atoms. The van der Waals surface area contributed by atoms with Crippen LogP contribution in [0.2, 0.25) is 0 Å². The van der Waals surface area contributed by atoms with E-state index in [-0.39, 0.29) is 0 Å². The third-order valence-corrected chi connectivity index (χ3v) is 3.12. The van der Waals surface area contributed by atoms with Crippen molar-refractivity contribution in [1.82, 2.24) is 5.32 Å². The van der Waals surface area contributed by atoms with E-state index >= 15 is 0 Å². The lowest BCUT2D eigenvalue weighted by molar-refractivity contribution is 0.0925. The number of nitrogens with one attached hydrogen (secondary N) is 1. The highest BCUT2D eigenvalue weighted by atomic mass is 16.5. The van der Waals surface area contributed by atoms with Crippen molar-refractivity contribution in [1.29, 1.82) is 0 Å². The first-order valence-electron chi connectivity index (χ1n) is 8.08. The van der Waals surface area contributed by atoms with Gasteiger partial charge in [-0.15, -0.1) is 0 Å². The molecule has 3 heteroatoms. The van der Waals surface area contributed by atoms with Crippen LogP contribution in [0.3, 0.4) is 0 Å². The highest BCUT2D eigenvalue weighted by Crippen LogP contribution is 2.13. The van der Waals surface area contributed by atoms with Crippen LogP contribution in [0.4, 0.5) is 0 Å². The molecule has 0 atom stereocenters. The molecule has 1 rings (SSSR count). The summed E-state index contributed by atoms with van der Waals surface area (Å²) in [6, 6.07) is 8.27. The van der Waals surface area contributed by atoms with Gasteiger partial charge in [0.15, 0.2) is 0 Å². The Labute approximate surface area is 130 Å². The normalized spacial score (nSPS) is 11.3. The van der Waals surface area contributed by atoms with Crippen LogP contribution in [0.15, 0.2) is 24.3 Å². The maximum Gasteiger partial charge on any atom is 0.119 e. The van der Waals surface area contributed by atoms with Gasteiger partial charge in [-0.1, -0.05) is 39.8 Å². The van der Waals surface area contributed by atoms with Gasteiger partial charge in [0.25, 0.3) is 0 Å². The predicted octanol–water partition coefficient (Wildman–Crippen LogP) is 3.87. The molecule has 1 aromatic rings. The monoisotopic (exact) mass is 293 g/mol. The van der Waals surface area contributed by atoms with E-state index in [1.165, 1.54) is 5.56 Å². The molecule has 0 saturated heterocycles. The molecule has 0 saturated carbocycles. The summed E-state index contributed by atoms with van der Waals surface area (Å²) < 4.78 is 11.3. The van der Waals surface area contributed by atoms with Gasteiger partial charge in [0.05, 0.1) is 6.61 Å². The van der Waals surface area contributed by atoms with E-state index in [9.17, 15) is 0 Å². The minimum atomic E-state index is 0.612. The summed E-state index contributed by atoms with van der Waals surface area (Å²) in [5.41, 5.74) is 1.26. The quantitative estimate of drug-likeness (QED) is 0.628. The van der Waals surface area contributed by atoms with Gasteiger partial charge in [0.1, 0.15) is 12.4 Å². The lowest BCUT2D eigenvalue weighted by Crippen LogP contribution is -2.18. The second-order valence-corrected chi connectivity index (χ2v) is 6.32. The fourth-order valence-electron chi connectivity index (χ4n) is 1.89. The molecular weight excluding hydrogens is 262 g/mol. The Hall–Kier alpha value is -1.06. The molecule has 120 valence electrons. The van der Waals surface area contributed by atoms with Crippen molar-refractivity contribution in [3.05, 3.63) is 29.8 Å². The first kappa shape index (κ1) is 18.0. The zero-order chi connectivity index (χ0) is 15.5. The fraction of sp³-hybridized carbons (Fsp3) is 0.667. The van der Waals surface area contributed by atoms with Crippen LogP contribution in [0.1, 0.15) is 39.7 Å². The van der Waals surface area contributed by atoms with Crippen LogP contribution in [-0.4, -0.2) is 26.4 Å². The van der Waals surface area contributed by atoms with Gasteiger partial charge in [-0.2, -0.15) is 0 Å². The van der Waals surface area contributed by atoms with Crippen LogP contribution < -0.4 is 10.1 Å². The second-order valence-electron chi connectivity index (χ2n) is 6.32. The number of ether oxygens (including phenoxy) is 2. The van der Waals surface area contributed by atoms with Crippen molar-refractivity contribution in [2.45, 2.75) is 40.7 Å². The van der Waals surface area contributed by atoms with Crippen LogP contribution in [0.25, 0.3) is 0 Å². The van der Waals surface area contributed by atoms with Gasteiger partial charge in [0.2, 0.25) is 0 Å². The van der Waals surface area contributed by atoms with Crippen molar-refractivity contribution in [3.63, 3.8) is 0 Å². The third-order valence-electron chi connectivity index (χ3n) is 3.12. The van der Waals surface area contributed by atoms with Crippen molar-refractivity contribution < 1.29 is 9.47 Å². The van der Waals surface area contributed by atoms with E-state index in [2.05, 4.69) is 45.1 Å². The number of hydrogen-bond donors (Lipinski definition) is 1. The maximum absolute atomic E-state index is 5.73. The molecule has 0 aliphatic rings. The fourth-order valence-corrected chi connectivity index (χ4v) is 1.89. The molecule has 1 aromatic carbocycles. The standard InChI is InChI=1S/C18H31NO2/c1-15(2)8-9-20-10-11-21-18-7-5-6-17(12-18)14-19-13-16(3)4/h5-7,12,15-16,19H,8-11,13-14H2,1-4H3. The Bertz CT molecular complexity index is 377. The molecule has 3 nitrogen and oxygen atoms in total. The second kappa shape index (κ2) is 10.6. The first-order chi connectivity index (χ1) is 10.1. The molecule has 0 aromatic heterocycles. The van der Waals surface area contributed by atoms with Gasteiger partial charge in [-0.3, -0.25) is 0 Å². The lowest BCUT2D eigenvalue weighted by Gasteiger charge is -2.11. The summed E-state index contributed by atoms with van der Waals surface area (Å²) in [6.45, 7) is 12.9. The van der Waals surface area contributed by atoms with E-state index < -0.39 is 0 Å². The van der Waals surface area contributed by atoms with Gasteiger partial charge in [0, 0.05) is 13.2 Å². The van der Waals surface area contributed by atoms with E-state index in [0.29, 0.717) is 25.0 Å². The Morgan fingerprint density at radius 1 is 1.00 bits per heavy atom. The van der Waals surface area contributed by atoms with Crippen molar-refractivity contribution in [2.24, 2.45) is 11.8 Å². The minimum absolute atomic E-state index is 0.612. The number of benzene rings is 1. The molecule has 0 aliphatic carbocycles. The Kier molecular flexibility index (Phi) is 9.11.